The normalized spacial score (nSPS) is 11.8. The second-order valence-corrected chi connectivity index (χ2v) is 10.2. The molecule has 0 spiro atoms. The number of hydrogen-bond donors (Lipinski definition) is 0. The summed E-state index contributed by atoms with van der Waals surface area (Å²) < 4.78 is 19.5. The highest BCUT2D eigenvalue weighted by atomic mass is 79.9. The van der Waals surface area contributed by atoms with Crippen molar-refractivity contribution in [1.82, 2.24) is 9.66 Å². The molecule has 0 aliphatic carbocycles. The Morgan fingerprint density at radius 2 is 1.95 bits per heavy atom. The molecule has 0 N–H and O–H groups in total. The molecule has 38 heavy (non-hydrogen) atoms. The van der Waals surface area contributed by atoms with Gasteiger partial charge in [-0.3, -0.25) is 4.79 Å². The standard InChI is InChI=1S/C28H22BrCl2N3O4/c1-4-36-22-13-17(24(29)25(31)26(22)37-15(2)3)14-32-34-27(33-20-8-6-5-7-19(20)28(34)35)23-12-16-11-18(30)9-10-21(16)38-23/h5-15H,4H2,1-3H3. The van der Waals surface area contributed by atoms with E-state index in [1.165, 1.54) is 10.9 Å². The molecule has 0 saturated heterocycles. The number of ether oxygens (including phenoxy) is 2. The van der Waals surface area contributed by atoms with Crippen LogP contribution in [0.1, 0.15) is 26.3 Å². The quantitative estimate of drug-likeness (QED) is 0.174. The van der Waals surface area contributed by atoms with E-state index < -0.39 is 0 Å². The molecule has 5 aromatic rings. The van der Waals surface area contributed by atoms with E-state index in [0.29, 0.717) is 60.4 Å². The molecule has 0 unspecified atom stereocenters. The van der Waals surface area contributed by atoms with Gasteiger partial charge in [0.1, 0.15) is 10.6 Å². The molecule has 2 heterocycles. The molecule has 194 valence electrons. The molecule has 0 saturated carbocycles. The van der Waals surface area contributed by atoms with Gasteiger partial charge in [0, 0.05) is 20.4 Å². The molecule has 3 aromatic carbocycles. The second-order valence-electron chi connectivity index (χ2n) is 8.63. The zero-order valence-electron chi connectivity index (χ0n) is 20.7. The minimum Gasteiger partial charge on any atom is -0.490 e. The molecule has 7 nitrogen and oxygen atoms in total. The summed E-state index contributed by atoms with van der Waals surface area (Å²) in [6.45, 7) is 6.09. The molecule has 0 atom stereocenters. The van der Waals surface area contributed by atoms with Crippen LogP contribution in [0.25, 0.3) is 33.5 Å². The van der Waals surface area contributed by atoms with Crippen molar-refractivity contribution in [2.24, 2.45) is 5.10 Å². The molecule has 0 amide bonds. The minimum atomic E-state index is -0.354. The Balaban J connectivity index is 1.69. The third kappa shape index (κ3) is 5.04. The van der Waals surface area contributed by atoms with E-state index in [1.54, 1.807) is 48.5 Å². The van der Waals surface area contributed by atoms with Crippen molar-refractivity contribution in [1.29, 1.82) is 0 Å². The Labute approximate surface area is 236 Å². The topological polar surface area (TPSA) is 78.9 Å². The van der Waals surface area contributed by atoms with Crippen LogP contribution in [0.4, 0.5) is 0 Å². The number of rotatable bonds is 7. The average Bonchev–Trinajstić information content (AvgIpc) is 3.31. The number of nitrogens with zero attached hydrogens (tertiary/aromatic N) is 3. The van der Waals surface area contributed by atoms with Gasteiger partial charge in [0.2, 0.25) is 5.82 Å². The molecule has 0 bridgehead atoms. The van der Waals surface area contributed by atoms with Gasteiger partial charge in [0.25, 0.3) is 5.56 Å². The molecule has 10 heteroatoms. The SMILES string of the molecule is CCOc1cc(C=Nn2c(-c3cc4cc(Cl)ccc4o3)nc3ccccc3c2=O)c(Br)c(Cl)c1OC(C)C. The molecule has 0 radical (unpaired) electrons. The fourth-order valence-corrected chi connectivity index (χ4v) is 4.77. The average molecular weight is 615 g/mol. The van der Waals surface area contributed by atoms with Crippen LogP contribution in [0.15, 0.2) is 73.4 Å². The van der Waals surface area contributed by atoms with Crippen molar-refractivity contribution in [2.75, 3.05) is 6.61 Å². The molecular formula is C28H22BrCl2N3O4. The largest absolute Gasteiger partial charge is 0.490 e. The highest BCUT2D eigenvalue weighted by molar-refractivity contribution is 9.10. The van der Waals surface area contributed by atoms with E-state index in [0.717, 1.165) is 5.39 Å². The van der Waals surface area contributed by atoms with Crippen LogP contribution < -0.4 is 15.0 Å². The first-order valence-electron chi connectivity index (χ1n) is 11.8. The Morgan fingerprint density at radius 1 is 1.16 bits per heavy atom. The van der Waals surface area contributed by atoms with Gasteiger partial charge in [0.05, 0.1) is 29.8 Å². The van der Waals surface area contributed by atoms with Crippen molar-refractivity contribution in [3.05, 3.63) is 85.0 Å². The molecule has 0 aliphatic rings. The summed E-state index contributed by atoms with van der Waals surface area (Å²) in [6, 6.07) is 15.9. The van der Waals surface area contributed by atoms with Crippen LogP contribution >= 0.6 is 39.1 Å². The first-order chi connectivity index (χ1) is 18.3. The number of benzene rings is 3. The number of halogens is 3. The first kappa shape index (κ1) is 26.3. The predicted octanol–water partition coefficient (Wildman–Crippen LogP) is 7.95. The fourth-order valence-electron chi connectivity index (χ4n) is 3.94. The molecule has 5 rings (SSSR count). The summed E-state index contributed by atoms with van der Waals surface area (Å²) in [7, 11) is 0. The van der Waals surface area contributed by atoms with E-state index >= 15 is 0 Å². The number of para-hydroxylation sites is 1. The van der Waals surface area contributed by atoms with E-state index in [-0.39, 0.29) is 17.5 Å². The maximum Gasteiger partial charge on any atom is 0.282 e. The lowest BCUT2D eigenvalue weighted by atomic mass is 10.2. The number of furan rings is 1. The van der Waals surface area contributed by atoms with Crippen LogP contribution in [0.5, 0.6) is 11.5 Å². The van der Waals surface area contributed by atoms with E-state index in [1.807, 2.05) is 26.8 Å². The smallest absolute Gasteiger partial charge is 0.282 e. The van der Waals surface area contributed by atoms with Gasteiger partial charge in [-0.1, -0.05) is 35.3 Å². The number of fused-ring (bicyclic) bond motifs is 2. The van der Waals surface area contributed by atoms with Crippen LogP contribution in [0.2, 0.25) is 10.0 Å². The lowest BCUT2D eigenvalue weighted by Gasteiger charge is -2.18. The van der Waals surface area contributed by atoms with Crippen LogP contribution in [-0.4, -0.2) is 28.6 Å². The fraction of sp³-hybridized carbons (Fsp3) is 0.179. The highest BCUT2D eigenvalue weighted by Crippen LogP contribution is 2.43. The Morgan fingerprint density at radius 3 is 2.71 bits per heavy atom. The maximum atomic E-state index is 13.6. The zero-order valence-corrected chi connectivity index (χ0v) is 23.8. The van der Waals surface area contributed by atoms with E-state index in [2.05, 4.69) is 21.0 Å². The lowest BCUT2D eigenvalue weighted by molar-refractivity contribution is 0.224. The molecule has 0 aliphatic heterocycles. The Bertz CT molecular complexity index is 1760. The first-order valence-corrected chi connectivity index (χ1v) is 13.4. The van der Waals surface area contributed by atoms with Gasteiger partial charge in [0.15, 0.2) is 17.3 Å². The van der Waals surface area contributed by atoms with Crippen LogP contribution in [-0.2, 0) is 0 Å². The van der Waals surface area contributed by atoms with Crippen molar-refractivity contribution >= 4 is 67.2 Å². The van der Waals surface area contributed by atoms with Gasteiger partial charge < -0.3 is 13.9 Å². The van der Waals surface area contributed by atoms with Gasteiger partial charge in [-0.25, -0.2) is 4.98 Å². The van der Waals surface area contributed by atoms with Gasteiger partial charge in [-0.05, 0) is 79.2 Å². The van der Waals surface area contributed by atoms with E-state index in [4.69, 9.17) is 42.1 Å². The molecule has 2 aromatic heterocycles. The van der Waals surface area contributed by atoms with Gasteiger partial charge in [-0.2, -0.15) is 9.78 Å². The third-order valence-electron chi connectivity index (χ3n) is 5.57. The van der Waals surface area contributed by atoms with Crippen molar-refractivity contribution in [2.45, 2.75) is 26.9 Å². The number of aromatic nitrogens is 2. The van der Waals surface area contributed by atoms with Crippen LogP contribution in [0, 0.1) is 0 Å². The third-order valence-corrected chi connectivity index (χ3v) is 7.25. The number of hydrogen-bond acceptors (Lipinski definition) is 6. The summed E-state index contributed by atoms with van der Waals surface area (Å²) in [4.78, 5) is 18.3. The van der Waals surface area contributed by atoms with Gasteiger partial charge >= 0.3 is 0 Å². The summed E-state index contributed by atoms with van der Waals surface area (Å²) in [5.41, 5.74) is 1.36. The summed E-state index contributed by atoms with van der Waals surface area (Å²) in [6.07, 6.45) is 1.40. The molecular weight excluding hydrogens is 593 g/mol. The van der Waals surface area contributed by atoms with Crippen LogP contribution in [0.3, 0.4) is 0 Å². The zero-order chi connectivity index (χ0) is 27.0. The highest BCUT2D eigenvalue weighted by Gasteiger charge is 2.20. The lowest BCUT2D eigenvalue weighted by Crippen LogP contribution is -2.20. The predicted molar refractivity (Wildman–Crippen MR) is 155 cm³/mol. The van der Waals surface area contributed by atoms with Crippen molar-refractivity contribution < 1.29 is 13.9 Å². The summed E-state index contributed by atoms with van der Waals surface area (Å²) in [5, 5.41) is 6.64. The minimum absolute atomic E-state index is 0.110. The van der Waals surface area contributed by atoms with Crippen molar-refractivity contribution in [3.8, 4) is 23.1 Å². The molecule has 0 fully saturated rings. The Kier molecular flexibility index (Phi) is 7.47. The monoisotopic (exact) mass is 613 g/mol. The van der Waals surface area contributed by atoms with Gasteiger partial charge in [-0.15, -0.1) is 0 Å². The summed E-state index contributed by atoms with van der Waals surface area (Å²) >= 11 is 16.3. The maximum absolute atomic E-state index is 13.6. The Hall–Kier alpha value is -3.33. The van der Waals surface area contributed by atoms with E-state index in [9.17, 15) is 4.79 Å². The van der Waals surface area contributed by atoms with Crippen molar-refractivity contribution in [3.63, 3.8) is 0 Å². The second kappa shape index (κ2) is 10.8. The summed E-state index contributed by atoms with van der Waals surface area (Å²) in [5.74, 6) is 1.51.